The van der Waals surface area contributed by atoms with Gasteiger partial charge in [-0.15, -0.1) is 0 Å². The number of hydrogen-bond acceptors (Lipinski definition) is 3. The molecule has 3 nitrogen and oxygen atoms in total. The molecule has 2 rings (SSSR count). The van der Waals surface area contributed by atoms with Gasteiger partial charge < -0.3 is 15.1 Å². The molecule has 1 unspecified atom stereocenters. The third kappa shape index (κ3) is 2.36. The van der Waals surface area contributed by atoms with Crippen LogP contribution in [0.4, 0.5) is 5.69 Å². The van der Waals surface area contributed by atoms with Gasteiger partial charge in [0.2, 0.25) is 0 Å². The van der Waals surface area contributed by atoms with Gasteiger partial charge in [0.15, 0.2) is 0 Å². The van der Waals surface area contributed by atoms with E-state index in [0.717, 1.165) is 11.3 Å². The molecule has 0 heterocycles. The van der Waals surface area contributed by atoms with Crippen LogP contribution in [0.25, 0.3) is 0 Å². The molecule has 16 heavy (non-hydrogen) atoms. The van der Waals surface area contributed by atoms with E-state index in [-0.39, 0.29) is 6.61 Å². The second-order valence-electron chi connectivity index (χ2n) is 4.38. The summed E-state index contributed by atoms with van der Waals surface area (Å²) in [5, 5.41) is 18.8. The second kappa shape index (κ2) is 4.85. The Hall–Kier alpha value is -1.06. The van der Waals surface area contributed by atoms with Crippen molar-refractivity contribution in [2.75, 3.05) is 18.1 Å². The molecule has 0 aliphatic heterocycles. The fraction of sp³-hybridized carbons (Fsp3) is 0.538. The van der Waals surface area contributed by atoms with Gasteiger partial charge in [-0.2, -0.15) is 0 Å². The zero-order chi connectivity index (χ0) is 11.5. The fourth-order valence-electron chi connectivity index (χ4n) is 2.10. The molecule has 0 aromatic heterocycles. The molecular weight excluding hydrogens is 202 g/mol. The SMILES string of the molecule is CC(O)c1ccccc1N(CCO)C1CC1. The second-order valence-corrected chi connectivity index (χ2v) is 4.38. The van der Waals surface area contributed by atoms with Crippen LogP contribution in [0.15, 0.2) is 24.3 Å². The third-order valence-electron chi connectivity index (χ3n) is 3.02. The quantitative estimate of drug-likeness (QED) is 0.795. The van der Waals surface area contributed by atoms with Gasteiger partial charge in [0.05, 0.1) is 12.7 Å². The van der Waals surface area contributed by atoms with Gasteiger partial charge in [0.1, 0.15) is 0 Å². The van der Waals surface area contributed by atoms with Gasteiger partial charge in [-0.1, -0.05) is 18.2 Å². The zero-order valence-corrected chi connectivity index (χ0v) is 9.63. The first kappa shape index (κ1) is 11.4. The van der Waals surface area contributed by atoms with Crippen molar-refractivity contribution in [2.24, 2.45) is 0 Å². The van der Waals surface area contributed by atoms with E-state index in [1.54, 1.807) is 6.92 Å². The number of aliphatic hydroxyl groups excluding tert-OH is 2. The summed E-state index contributed by atoms with van der Waals surface area (Å²) in [6.07, 6.45) is 1.92. The molecular formula is C13H19NO2. The number of anilines is 1. The number of para-hydroxylation sites is 1. The van der Waals surface area contributed by atoms with Crippen molar-refractivity contribution in [3.63, 3.8) is 0 Å². The molecule has 88 valence electrons. The Morgan fingerprint density at radius 2 is 2.06 bits per heavy atom. The Morgan fingerprint density at radius 1 is 1.38 bits per heavy atom. The number of nitrogens with zero attached hydrogens (tertiary/aromatic N) is 1. The standard InChI is InChI=1S/C13H19NO2/c1-10(16)12-4-2-3-5-13(12)14(8-9-15)11-6-7-11/h2-5,10-11,15-16H,6-9H2,1H3. The Labute approximate surface area is 96.3 Å². The minimum atomic E-state index is -0.462. The third-order valence-corrected chi connectivity index (χ3v) is 3.02. The summed E-state index contributed by atoms with van der Waals surface area (Å²) in [4.78, 5) is 2.21. The lowest BCUT2D eigenvalue weighted by Crippen LogP contribution is -2.30. The zero-order valence-electron chi connectivity index (χ0n) is 9.63. The minimum Gasteiger partial charge on any atom is -0.395 e. The van der Waals surface area contributed by atoms with Crippen LogP contribution in [0.5, 0.6) is 0 Å². The molecule has 0 spiro atoms. The van der Waals surface area contributed by atoms with E-state index in [0.29, 0.717) is 12.6 Å². The number of benzene rings is 1. The van der Waals surface area contributed by atoms with Crippen LogP contribution in [0, 0.1) is 0 Å². The summed E-state index contributed by atoms with van der Waals surface area (Å²) in [6, 6.07) is 8.44. The van der Waals surface area contributed by atoms with E-state index in [9.17, 15) is 5.11 Å². The predicted octanol–water partition coefficient (Wildman–Crippen LogP) is 1.70. The first-order valence-electron chi connectivity index (χ1n) is 5.88. The molecule has 1 fully saturated rings. The first-order valence-corrected chi connectivity index (χ1v) is 5.88. The fourth-order valence-corrected chi connectivity index (χ4v) is 2.10. The van der Waals surface area contributed by atoms with Gasteiger partial charge in [-0.3, -0.25) is 0 Å². The minimum absolute atomic E-state index is 0.157. The lowest BCUT2D eigenvalue weighted by Gasteiger charge is -2.27. The van der Waals surface area contributed by atoms with Crippen LogP contribution in [0.1, 0.15) is 31.4 Å². The van der Waals surface area contributed by atoms with Crippen LogP contribution >= 0.6 is 0 Å². The molecule has 0 amide bonds. The van der Waals surface area contributed by atoms with E-state index in [1.807, 2.05) is 24.3 Å². The maximum atomic E-state index is 9.73. The van der Waals surface area contributed by atoms with Crippen LogP contribution < -0.4 is 4.90 Å². The van der Waals surface area contributed by atoms with Crippen LogP contribution in [0.3, 0.4) is 0 Å². The Kier molecular flexibility index (Phi) is 3.46. The van der Waals surface area contributed by atoms with E-state index in [1.165, 1.54) is 12.8 Å². The predicted molar refractivity (Wildman–Crippen MR) is 64.5 cm³/mol. The van der Waals surface area contributed by atoms with Crippen molar-refractivity contribution in [1.82, 2.24) is 0 Å². The average Bonchev–Trinajstić information content (AvgIpc) is 3.10. The lowest BCUT2D eigenvalue weighted by molar-refractivity contribution is 0.199. The van der Waals surface area contributed by atoms with Gasteiger partial charge in [0, 0.05) is 23.8 Å². The Balaban J connectivity index is 2.28. The lowest BCUT2D eigenvalue weighted by atomic mass is 10.1. The van der Waals surface area contributed by atoms with E-state index in [2.05, 4.69) is 4.90 Å². The van der Waals surface area contributed by atoms with Gasteiger partial charge in [-0.05, 0) is 25.8 Å². The number of aliphatic hydroxyl groups is 2. The highest BCUT2D eigenvalue weighted by atomic mass is 16.3. The molecule has 0 bridgehead atoms. The van der Waals surface area contributed by atoms with E-state index >= 15 is 0 Å². The first-order chi connectivity index (χ1) is 7.74. The van der Waals surface area contributed by atoms with Crippen molar-refractivity contribution >= 4 is 5.69 Å². The smallest absolute Gasteiger partial charge is 0.0781 e. The molecule has 0 radical (unpaired) electrons. The number of hydrogen-bond donors (Lipinski definition) is 2. The molecule has 0 saturated heterocycles. The van der Waals surface area contributed by atoms with Crippen LogP contribution in [0.2, 0.25) is 0 Å². The average molecular weight is 221 g/mol. The van der Waals surface area contributed by atoms with Crippen molar-refractivity contribution < 1.29 is 10.2 Å². The summed E-state index contributed by atoms with van der Waals surface area (Å²) in [5.74, 6) is 0. The van der Waals surface area contributed by atoms with Crippen LogP contribution in [-0.4, -0.2) is 29.4 Å². The van der Waals surface area contributed by atoms with Gasteiger partial charge >= 0.3 is 0 Å². The Morgan fingerprint density at radius 3 is 2.62 bits per heavy atom. The van der Waals surface area contributed by atoms with Gasteiger partial charge in [0.25, 0.3) is 0 Å². The highest BCUT2D eigenvalue weighted by Crippen LogP contribution is 2.35. The van der Waals surface area contributed by atoms with E-state index < -0.39 is 6.10 Å². The summed E-state index contributed by atoms with van der Waals surface area (Å²) in [6.45, 7) is 2.59. The summed E-state index contributed by atoms with van der Waals surface area (Å²) < 4.78 is 0. The molecule has 1 saturated carbocycles. The van der Waals surface area contributed by atoms with Gasteiger partial charge in [-0.25, -0.2) is 0 Å². The molecule has 1 aliphatic carbocycles. The maximum Gasteiger partial charge on any atom is 0.0781 e. The van der Waals surface area contributed by atoms with Crippen molar-refractivity contribution in [2.45, 2.75) is 31.9 Å². The molecule has 3 heteroatoms. The highest BCUT2D eigenvalue weighted by Gasteiger charge is 2.30. The van der Waals surface area contributed by atoms with E-state index in [4.69, 9.17) is 5.11 Å². The largest absolute Gasteiger partial charge is 0.395 e. The Bertz CT molecular complexity index is 348. The topological polar surface area (TPSA) is 43.7 Å². The molecule has 1 aromatic rings. The number of rotatable bonds is 5. The molecule has 2 N–H and O–H groups in total. The van der Waals surface area contributed by atoms with Crippen molar-refractivity contribution in [3.8, 4) is 0 Å². The highest BCUT2D eigenvalue weighted by molar-refractivity contribution is 5.56. The normalized spacial score (nSPS) is 17.2. The van der Waals surface area contributed by atoms with Crippen molar-refractivity contribution in [1.29, 1.82) is 0 Å². The van der Waals surface area contributed by atoms with Crippen molar-refractivity contribution in [3.05, 3.63) is 29.8 Å². The summed E-state index contributed by atoms with van der Waals surface area (Å²) >= 11 is 0. The molecule has 1 atom stereocenters. The van der Waals surface area contributed by atoms with Crippen LogP contribution in [-0.2, 0) is 0 Å². The maximum absolute atomic E-state index is 9.73. The molecule has 1 aliphatic rings. The summed E-state index contributed by atoms with van der Waals surface area (Å²) in [5.41, 5.74) is 2.01. The molecule has 1 aromatic carbocycles. The monoisotopic (exact) mass is 221 g/mol. The summed E-state index contributed by atoms with van der Waals surface area (Å²) in [7, 11) is 0.